The molecule has 0 amide bonds. The minimum Gasteiger partial charge on any atom is -0.381 e. The van der Waals surface area contributed by atoms with Crippen LogP contribution in [0.3, 0.4) is 0 Å². The topological polar surface area (TPSA) is 51.5 Å². The zero-order valence-electron chi connectivity index (χ0n) is 11.6. The third-order valence-corrected chi connectivity index (χ3v) is 4.31. The normalized spacial score (nSPS) is 18.3. The second-order valence-corrected chi connectivity index (χ2v) is 6.26. The fraction of sp³-hybridized carbons (Fsp3) is 0.571. The summed E-state index contributed by atoms with van der Waals surface area (Å²) in [6.45, 7) is 4.03. The predicted octanol–water partition coefficient (Wildman–Crippen LogP) is 3.11. The van der Waals surface area contributed by atoms with Crippen LogP contribution in [-0.4, -0.2) is 33.9 Å². The molecule has 2 aromatic heterocycles. The molecule has 5 nitrogen and oxygen atoms in total. The quantitative estimate of drug-likeness (QED) is 0.930. The number of anilines is 1. The molecule has 108 valence electrons. The zero-order chi connectivity index (χ0) is 13.9. The first kappa shape index (κ1) is 13.8. The number of halogens is 1. The number of fused-ring (bicyclic) bond motifs is 1. The van der Waals surface area contributed by atoms with Gasteiger partial charge in [-0.3, -0.25) is 0 Å². The Morgan fingerprint density at radius 3 is 3.10 bits per heavy atom. The molecule has 3 rings (SSSR count). The number of nitrogens with zero attached hydrogens (tertiary/aromatic N) is 3. The molecule has 1 N–H and O–H groups in total. The maximum Gasteiger partial charge on any atom is 0.171 e. The molecule has 2 aromatic rings. The summed E-state index contributed by atoms with van der Waals surface area (Å²) >= 11 is 3.46. The molecule has 1 aliphatic heterocycles. The van der Waals surface area contributed by atoms with E-state index in [4.69, 9.17) is 4.74 Å². The minimum atomic E-state index is 0.412. The highest BCUT2D eigenvalue weighted by Gasteiger charge is 2.17. The van der Waals surface area contributed by atoms with Crippen LogP contribution in [0.4, 0.5) is 5.82 Å². The smallest absolute Gasteiger partial charge is 0.171 e. The van der Waals surface area contributed by atoms with Crippen LogP contribution in [0.2, 0.25) is 0 Å². The van der Waals surface area contributed by atoms with E-state index in [9.17, 15) is 0 Å². The van der Waals surface area contributed by atoms with Crippen molar-refractivity contribution >= 4 is 27.4 Å². The molecule has 0 aromatic carbocycles. The number of nitrogens with one attached hydrogen (secondary N) is 1. The first-order valence-corrected chi connectivity index (χ1v) is 7.86. The SMILES string of the molecule is CC(CC1CCOCC1)Nc1ccn2ncc(Br)c2n1. The van der Waals surface area contributed by atoms with Gasteiger partial charge in [0.05, 0.1) is 10.7 Å². The molecule has 1 unspecified atom stereocenters. The van der Waals surface area contributed by atoms with Crippen LogP contribution in [0.15, 0.2) is 22.9 Å². The van der Waals surface area contributed by atoms with Crippen molar-refractivity contribution in [1.82, 2.24) is 14.6 Å². The molecule has 0 saturated carbocycles. The van der Waals surface area contributed by atoms with E-state index in [-0.39, 0.29) is 0 Å². The van der Waals surface area contributed by atoms with Gasteiger partial charge in [0, 0.05) is 25.5 Å². The van der Waals surface area contributed by atoms with Crippen LogP contribution >= 0.6 is 15.9 Å². The first-order chi connectivity index (χ1) is 9.72. The van der Waals surface area contributed by atoms with Gasteiger partial charge in [-0.1, -0.05) is 0 Å². The molecule has 20 heavy (non-hydrogen) atoms. The lowest BCUT2D eigenvalue weighted by Crippen LogP contribution is -2.24. The van der Waals surface area contributed by atoms with Crippen molar-refractivity contribution in [3.05, 3.63) is 22.9 Å². The Hall–Kier alpha value is -1.14. The Labute approximate surface area is 126 Å². The summed E-state index contributed by atoms with van der Waals surface area (Å²) in [6.07, 6.45) is 7.20. The van der Waals surface area contributed by atoms with Crippen molar-refractivity contribution in [2.24, 2.45) is 5.92 Å². The van der Waals surface area contributed by atoms with E-state index in [0.717, 1.165) is 41.5 Å². The highest BCUT2D eigenvalue weighted by molar-refractivity contribution is 9.10. The van der Waals surface area contributed by atoms with Gasteiger partial charge in [0.2, 0.25) is 0 Å². The van der Waals surface area contributed by atoms with E-state index in [1.807, 2.05) is 12.3 Å². The van der Waals surface area contributed by atoms with Crippen molar-refractivity contribution in [2.45, 2.75) is 32.2 Å². The van der Waals surface area contributed by atoms with E-state index in [0.29, 0.717) is 6.04 Å². The highest BCUT2D eigenvalue weighted by Crippen LogP contribution is 2.22. The van der Waals surface area contributed by atoms with Crippen LogP contribution in [0.5, 0.6) is 0 Å². The number of aromatic nitrogens is 3. The Bertz CT molecular complexity index is 580. The molecule has 1 saturated heterocycles. The first-order valence-electron chi connectivity index (χ1n) is 7.06. The third kappa shape index (κ3) is 3.12. The van der Waals surface area contributed by atoms with Crippen LogP contribution in [0.1, 0.15) is 26.2 Å². The van der Waals surface area contributed by atoms with E-state index >= 15 is 0 Å². The molecular formula is C14H19BrN4O. The summed E-state index contributed by atoms with van der Waals surface area (Å²) in [5.41, 5.74) is 0.841. The molecule has 1 fully saturated rings. The van der Waals surface area contributed by atoms with Gasteiger partial charge >= 0.3 is 0 Å². The monoisotopic (exact) mass is 338 g/mol. The summed E-state index contributed by atoms with van der Waals surface area (Å²) in [5, 5.41) is 7.68. The third-order valence-electron chi connectivity index (χ3n) is 3.75. The van der Waals surface area contributed by atoms with E-state index < -0.39 is 0 Å². The van der Waals surface area contributed by atoms with Gasteiger partial charge < -0.3 is 10.1 Å². The van der Waals surface area contributed by atoms with Crippen LogP contribution in [0.25, 0.3) is 5.65 Å². The second kappa shape index (κ2) is 6.10. The number of rotatable bonds is 4. The molecule has 0 spiro atoms. The standard InChI is InChI=1S/C14H19BrN4O/c1-10(8-11-3-6-20-7-4-11)17-13-2-5-19-14(18-13)12(15)9-16-19/h2,5,9-11H,3-4,6-8H2,1H3,(H,17,18). The number of ether oxygens (including phenoxy) is 1. The van der Waals surface area contributed by atoms with Crippen molar-refractivity contribution in [3.63, 3.8) is 0 Å². The average molecular weight is 339 g/mol. The number of hydrogen-bond donors (Lipinski definition) is 1. The largest absolute Gasteiger partial charge is 0.381 e. The molecule has 0 aliphatic carbocycles. The van der Waals surface area contributed by atoms with Crippen LogP contribution in [-0.2, 0) is 4.74 Å². The Morgan fingerprint density at radius 1 is 1.50 bits per heavy atom. The molecule has 0 radical (unpaired) electrons. The summed E-state index contributed by atoms with van der Waals surface area (Å²) in [4.78, 5) is 4.59. The van der Waals surface area contributed by atoms with Crippen molar-refractivity contribution < 1.29 is 4.74 Å². The summed E-state index contributed by atoms with van der Waals surface area (Å²) in [5.74, 6) is 1.66. The van der Waals surface area contributed by atoms with E-state index in [1.165, 1.54) is 12.8 Å². The van der Waals surface area contributed by atoms with Gasteiger partial charge in [-0.05, 0) is 54.1 Å². The maximum absolute atomic E-state index is 5.40. The fourth-order valence-electron chi connectivity index (χ4n) is 2.71. The average Bonchev–Trinajstić information content (AvgIpc) is 2.81. The second-order valence-electron chi connectivity index (χ2n) is 5.41. The lowest BCUT2D eigenvalue weighted by molar-refractivity contribution is 0.0629. The van der Waals surface area contributed by atoms with Crippen LogP contribution < -0.4 is 5.32 Å². The van der Waals surface area contributed by atoms with Gasteiger partial charge in [0.1, 0.15) is 5.82 Å². The van der Waals surface area contributed by atoms with Crippen molar-refractivity contribution in [2.75, 3.05) is 18.5 Å². The molecule has 3 heterocycles. The van der Waals surface area contributed by atoms with Crippen molar-refractivity contribution in [1.29, 1.82) is 0 Å². The fourth-order valence-corrected chi connectivity index (χ4v) is 3.08. The molecule has 6 heteroatoms. The lowest BCUT2D eigenvalue weighted by Gasteiger charge is -2.25. The van der Waals surface area contributed by atoms with Gasteiger partial charge in [-0.15, -0.1) is 0 Å². The van der Waals surface area contributed by atoms with E-state index in [1.54, 1.807) is 10.7 Å². The summed E-state index contributed by atoms with van der Waals surface area (Å²) in [7, 11) is 0. The summed E-state index contributed by atoms with van der Waals surface area (Å²) in [6, 6.07) is 2.38. The van der Waals surface area contributed by atoms with Crippen LogP contribution in [0, 0.1) is 5.92 Å². The minimum absolute atomic E-state index is 0.412. The predicted molar refractivity (Wildman–Crippen MR) is 81.9 cm³/mol. The van der Waals surface area contributed by atoms with Gasteiger partial charge in [-0.2, -0.15) is 5.10 Å². The van der Waals surface area contributed by atoms with Gasteiger partial charge in [0.25, 0.3) is 0 Å². The lowest BCUT2D eigenvalue weighted by atomic mass is 9.93. The Morgan fingerprint density at radius 2 is 2.30 bits per heavy atom. The van der Waals surface area contributed by atoms with E-state index in [2.05, 4.69) is 38.3 Å². The molecule has 0 bridgehead atoms. The van der Waals surface area contributed by atoms with Gasteiger partial charge in [0.15, 0.2) is 5.65 Å². The molecule has 1 aliphatic rings. The Balaban J connectivity index is 1.64. The van der Waals surface area contributed by atoms with Crippen molar-refractivity contribution in [3.8, 4) is 0 Å². The summed E-state index contributed by atoms with van der Waals surface area (Å²) < 4.78 is 8.08. The molecular weight excluding hydrogens is 320 g/mol. The maximum atomic E-state index is 5.40. The zero-order valence-corrected chi connectivity index (χ0v) is 13.1. The van der Waals surface area contributed by atoms with Gasteiger partial charge in [-0.25, -0.2) is 9.50 Å². The Kier molecular flexibility index (Phi) is 4.21. The molecule has 1 atom stereocenters. The highest BCUT2D eigenvalue weighted by atomic mass is 79.9. The number of hydrogen-bond acceptors (Lipinski definition) is 4.